The van der Waals surface area contributed by atoms with Crippen molar-refractivity contribution in [2.45, 2.75) is 20.0 Å². The Labute approximate surface area is 121 Å². The van der Waals surface area contributed by atoms with E-state index in [9.17, 15) is 4.79 Å². The van der Waals surface area contributed by atoms with Gasteiger partial charge < -0.3 is 10.6 Å². The van der Waals surface area contributed by atoms with Gasteiger partial charge in [0.2, 0.25) is 5.91 Å². The predicted molar refractivity (Wildman–Crippen MR) is 80.6 cm³/mol. The first-order chi connectivity index (χ1) is 9.15. The standard InChI is InChI=1S/C14H15ClN2OS/c1-10(18)17-13-5-3-2-4-11(13)8-16-9-12-6-7-14(15)19-12/h2-7,16H,8-9H2,1H3,(H,17,18). The quantitative estimate of drug-likeness (QED) is 0.884. The minimum absolute atomic E-state index is 0.0579. The fraction of sp³-hybridized carbons (Fsp3) is 0.214. The predicted octanol–water partition coefficient (Wildman–Crippen LogP) is 3.65. The van der Waals surface area contributed by atoms with E-state index in [2.05, 4.69) is 10.6 Å². The van der Waals surface area contributed by atoms with Crippen LogP contribution < -0.4 is 10.6 Å². The van der Waals surface area contributed by atoms with Crippen molar-refractivity contribution in [1.29, 1.82) is 0 Å². The van der Waals surface area contributed by atoms with E-state index in [1.165, 1.54) is 11.8 Å². The molecule has 0 bridgehead atoms. The summed E-state index contributed by atoms with van der Waals surface area (Å²) in [5.74, 6) is -0.0579. The van der Waals surface area contributed by atoms with E-state index in [4.69, 9.17) is 11.6 Å². The molecule has 0 atom stereocenters. The third kappa shape index (κ3) is 4.35. The Morgan fingerprint density at radius 2 is 2.00 bits per heavy atom. The maximum Gasteiger partial charge on any atom is 0.221 e. The first-order valence-corrected chi connectivity index (χ1v) is 7.15. The van der Waals surface area contributed by atoms with Gasteiger partial charge in [0.15, 0.2) is 0 Å². The fourth-order valence-electron chi connectivity index (χ4n) is 1.75. The van der Waals surface area contributed by atoms with Crippen LogP contribution in [0.2, 0.25) is 4.34 Å². The van der Waals surface area contributed by atoms with Crippen LogP contribution in [0.15, 0.2) is 36.4 Å². The summed E-state index contributed by atoms with van der Waals surface area (Å²) in [6.45, 7) is 2.98. The van der Waals surface area contributed by atoms with Gasteiger partial charge >= 0.3 is 0 Å². The van der Waals surface area contributed by atoms with Gasteiger partial charge in [-0.25, -0.2) is 0 Å². The van der Waals surface area contributed by atoms with Crippen LogP contribution in [-0.4, -0.2) is 5.91 Å². The molecule has 2 aromatic rings. The van der Waals surface area contributed by atoms with Crippen LogP contribution in [0.3, 0.4) is 0 Å². The third-order valence-electron chi connectivity index (χ3n) is 2.57. The van der Waals surface area contributed by atoms with Crippen molar-refractivity contribution >= 4 is 34.5 Å². The zero-order valence-electron chi connectivity index (χ0n) is 10.6. The average Bonchev–Trinajstić information content (AvgIpc) is 2.77. The van der Waals surface area contributed by atoms with E-state index in [0.29, 0.717) is 6.54 Å². The summed E-state index contributed by atoms with van der Waals surface area (Å²) in [6, 6.07) is 11.7. The summed E-state index contributed by atoms with van der Waals surface area (Å²) in [4.78, 5) is 12.3. The van der Waals surface area contributed by atoms with Gasteiger partial charge in [0, 0.05) is 30.6 Å². The number of anilines is 1. The summed E-state index contributed by atoms with van der Waals surface area (Å²) in [5.41, 5.74) is 1.92. The molecule has 0 aliphatic carbocycles. The number of carbonyl (C=O) groups excluding carboxylic acids is 1. The Balaban J connectivity index is 1.93. The number of thiophene rings is 1. The Morgan fingerprint density at radius 1 is 1.21 bits per heavy atom. The average molecular weight is 295 g/mol. The van der Waals surface area contributed by atoms with Gasteiger partial charge in [-0.15, -0.1) is 11.3 Å². The van der Waals surface area contributed by atoms with E-state index in [0.717, 1.165) is 22.1 Å². The highest BCUT2D eigenvalue weighted by atomic mass is 35.5. The first-order valence-electron chi connectivity index (χ1n) is 5.95. The molecule has 1 heterocycles. The summed E-state index contributed by atoms with van der Waals surface area (Å²) in [7, 11) is 0. The molecule has 0 fully saturated rings. The molecule has 0 aliphatic rings. The zero-order valence-corrected chi connectivity index (χ0v) is 12.1. The Morgan fingerprint density at radius 3 is 2.68 bits per heavy atom. The number of hydrogen-bond acceptors (Lipinski definition) is 3. The highest BCUT2D eigenvalue weighted by Gasteiger charge is 2.03. The number of nitrogens with one attached hydrogen (secondary N) is 2. The Hall–Kier alpha value is -1.36. The molecule has 1 aromatic carbocycles. The second-order valence-electron chi connectivity index (χ2n) is 4.15. The molecule has 3 nitrogen and oxygen atoms in total. The number of para-hydroxylation sites is 1. The molecule has 0 spiro atoms. The van der Waals surface area contributed by atoms with Gasteiger partial charge in [0.05, 0.1) is 4.34 Å². The third-order valence-corrected chi connectivity index (χ3v) is 3.80. The minimum atomic E-state index is -0.0579. The molecule has 0 unspecified atom stereocenters. The topological polar surface area (TPSA) is 41.1 Å². The van der Waals surface area contributed by atoms with E-state index < -0.39 is 0 Å². The maximum atomic E-state index is 11.1. The lowest BCUT2D eigenvalue weighted by molar-refractivity contribution is -0.114. The smallest absolute Gasteiger partial charge is 0.221 e. The van der Waals surface area contributed by atoms with Gasteiger partial charge in [-0.1, -0.05) is 29.8 Å². The van der Waals surface area contributed by atoms with E-state index >= 15 is 0 Å². The highest BCUT2D eigenvalue weighted by Crippen LogP contribution is 2.21. The van der Waals surface area contributed by atoms with Crippen LogP contribution in [0.25, 0.3) is 0 Å². The molecule has 2 rings (SSSR count). The number of benzene rings is 1. The van der Waals surface area contributed by atoms with Crippen molar-refractivity contribution < 1.29 is 4.79 Å². The largest absolute Gasteiger partial charge is 0.326 e. The van der Waals surface area contributed by atoms with Gasteiger partial charge in [-0.2, -0.15) is 0 Å². The van der Waals surface area contributed by atoms with Gasteiger partial charge in [-0.05, 0) is 23.8 Å². The van der Waals surface area contributed by atoms with Crippen molar-refractivity contribution in [1.82, 2.24) is 5.32 Å². The van der Waals surface area contributed by atoms with Gasteiger partial charge in [-0.3, -0.25) is 4.79 Å². The molecular weight excluding hydrogens is 280 g/mol. The molecular formula is C14H15ClN2OS. The van der Waals surface area contributed by atoms with E-state index in [-0.39, 0.29) is 5.91 Å². The van der Waals surface area contributed by atoms with Crippen LogP contribution >= 0.6 is 22.9 Å². The Bertz CT molecular complexity index is 568. The minimum Gasteiger partial charge on any atom is -0.326 e. The molecule has 0 aliphatic heterocycles. The summed E-state index contributed by atoms with van der Waals surface area (Å²) < 4.78 is 0.801. The molecule has 5 heteroatoms. The maximum absolute atomic E-state index is 11.1. The second-order valence-corrected chi connectivity index (χ2v) is 5.95. The van der Waals surface area contributed by atoms with Gasteiger partial charge in [0.25, 0.3) is 0 Å². The van der Waals surface area contributed by atoms with Crippen LogP contribution in [0.5, 0.6) is 0 Å². The van der Waals surface area contributed by atoms with Crippen LogP contribution in [0, 0.1) is 0 Å². The molecule has 2 N–H and O–H groups in total. The lowest BCUT2D eigenvalue weighted by Crippen LogP contribution is -2.15. The van der Waals surface area contributed by atoms with Crippen LogP contribution in [0.4, 0.5) is 5.69 Å². The number of amides is 1. The van der Waals surface area contributed by atoms with Gasteiger partial charge in [0.1, 0.15) is 0 Å². The first kappa shape index (κ1) is 14.1. The van der Waals surface area contributed by atoms with E-state index in [1.807, 2.05) is 36.4 Å². The highest BCUT2D eigenvalue weighted by molar-refractivity contribution is 7.16. The normalized spacial score (nSPS) is 10.4. The zero-order chi connectivity index (χ0) is 13.7. The van der Waals surface area contributed by atoms with Crippen molar-refractivity contribution in [3.8, 4) is 0 Å². The SMILES string of the molecule is CC(=O)Nc1ccccc1CNCc1ccc(Cl)s1. The molecule has 19 heavy (non-hydrogen) atoms. The van der Waals surface area contributed by atoms with Crippen molar-refractivity contribution in [2.75, 3.05) is 5.32 Å². The molecule has 1 aromatic heterocycles. The molecule has 0 radical (unpaired) electrons. The monoisotopic (exact) mass is 294 g/mol. The van der Waals surface area contributed by atoms with Crippen LogP contribution in [-0.2, 0) is 17.9 Å². The molecule has 0 saturated carbocycles. The summed E-state index contributed by atoms with van der Waals surface area (Å²) in [5, 5.41) is 6.17. The molecule has 1 amide bonds. The number of carbonyl (C=O) groups is 1. The fourth-order valence-corrected chi connectivity index (χ4v) is 2.81. The number of rotatable bonds is 5. The van der Waals surface area contributed by atoms with Crippen LogP contribution in [0.1, 0.15) is 17.4 Å². The summed E-state index contributed by atoms with van der Waals surface area (Å²) >= 11 is 7.45. The lowest BCUT2D eigenvalue weighted by Gasteiger charge is -2.10. The number of halogens is 1. The lowest BCUT2D eigenvalue weighted by atomic mass is 10.1. The van der Waals surface area contributed by atoms with Crippen molar-refractivity contribution in [3.05, 3.63) is 51.2 Å². The van der Waals surface area contributed by atoms with Crippen molar-refractivity contribution in [2.24, 2.45) is 0 Å². The summed E-state index contributed by atoms with van der Waals surface area (Å²) in [6.07, 6.45) is 0. The number of hydrogen-bond donors (Lipinski definition) is 2. The van der Waals surface area contributed by atoms with E-state index in [1.54, 1.807) is 11.3 Å². The molecule has 0 saturated heterocycles. The molecule has 100 valence electrons. The Kier molecular flexibility index (Phi) is 4.96. The van der Waals surface area contributed by atoms with Crippen molar-refractivity contribution in [3.63, 3.8) is 0 Å². The second kappa shape index (κ2) is 6.70.